The Hall–Kier alpha value is -0.410. The maximum atomic E-state index is 4.68. The van der Waals surface area contributed by atoms with Crippen LogP contribution in [0, 0.1) is 0 Å². The van der Waals surface area contributed by atoms with Gasteiger partial charge in [-0.1, -0.05) is 26.7 Å². The Morgan fingerprint density at radius 1 is 1.23 bits per heavy atom. The normalized spacial score (nSPS) is 16.2. The number of aliphatic imine (C=N–C) groups is 1. The fourth-order valence-corrected chi connectivity index (χ4v) is 3.90. The first-order valence-electron chi connectivity index (χ1n) is 9.88. The van der Waals surface area contributed by atoms with Crippen molar-refractivity contribution in [3.05, 3.63) is 16.1 Å². The van der Waals surface area contributed by atoms with Crippen molar-refractivity contribution in [2.24, 2.45) is 4.99 Å². The highest BCUT2D eigenvalue weighted by molar-refractivity contribution is 14.0. The Bertz CT molecular complexity index is 510. The molecule has 1 aliphatic rings. The molecule has 0 amide bonds. The number of nitrogens with zero attached hydrogens (tertiary/aromatic N) is 3. The summed E-state index contributed by atoms with van der Waals surface area (Å²) in [7, 11) is 0. The lowest BCUT2D eigenvalue weighted by Gasteiger charge is -2.20. The van der Waals surface area contributed by atoms with Gasteiger partial charge in [0.25, 0.3) is 0 Å². The van der Waals surface area contributed by atoms with E-state index in [1.807, 2.05) is 0 Å². The van der Waals surface area contributed by atoms with Gasteiger partial charge in [0.15, 0.2) is 5.96 Å². The van der Waals surface area contributed by atoms with E-state index in [4.69, 9.17) is 0 Å². The predicted octanol–water partition coefficient (Wildman–Crippen LogP) is 4.21. The van der Waals surface area contributed by atoms with Crippen LogP contribution in [-0.2, 0) is 6.54 Å². The van der Waals surface area contributed by atoms with Crippen molar-refractivity contribution >= 4 is 41.3 Å². The van der Waals surface area contributed by atoms with E-state index >= 15 is 0 Å². The van der Waals surface area contributed by atoms with Gasteiger partial charge in [-0.2, -0.15) is 0 Å². The van der Waals surface area contributed by atoms with Crippen molar-refractivity contribution in [2.75, 3.05) is 32.7 Å². The number of hydrogen-bond donors (Lipinski definition) is 2. The molecule has 150 valence electrons. The van der Waals surface area contributed by atoms with Crippen molar-refractivity contribution < 1.29 is 0 Å². The Balaban J connectivity index is 0.00000338. The third-order valence-electron chi connectivity index (χ3n) is 4.52. The maximum absolute atomic E-state index is 4.68. The molecule has 0 bridgehead atoms. The predicted molar refractivity (Wildman–Crippen MR) is 124 cm³/mol. The van der Waals surface area contributed by atoms with Crippen LogP contribution in [0.1, 0.15) is 69.5 Å². The number of thiazole rings is 1. The maximum Gasteiger partial charge on any atom is 0.191 e. The molecule has 1 aliphatic heterocycles. The molecule has 0 radical (unpaired) electrons. The highest BCUT2D eigenvalue weighted by Gasteiger charge is 2.08. The topological polar surface area (TPSA) is 52.6 Å². The first-order valence-corrected chi connectivity index (χ1v) is 10.8. The third kappa shape index (κ3) is 8.99. The Labute approximate surface area is 180 Å². The van der Waals surface area contributed by atoms with Gasteiger partial charge in [-0.15, -0.1) is 35.3 Å². The summed E-state index contributed by atoms with van der Waals surface area (Å²) in [6.07, 6.45) is 6.70. The van der Waals surface area contributed by atoms with Gasteiger partial charge in [-0.05, 0) is 51.7 Å². The molecule has 2 rings (SSSR count). The minimum absolute atomic E-state index is 0. The zero-order valence-electron chi connectivity index (χ0n) is 16.6. The van der Waals surface area contributed by atoms with Gasteiger partial charge in [0.1, 0.15) is 5.01 Å². The summed E-state index contributed by atoms with van der Waals surface area (Å²) < 4.78 is 0. The molecule has 5 nitrogen and oxygen atoms in total. The molecule has 1 aromatic heterocycles. The summed E-state index contributed by atoms with van der Waals surface area (Å²) in [5.41, 5.74) is 1.17. The summed E-state index contributed by atoms with van der Waals surface area (Å²) in [4.78, 5) is 12.0. The Kier molecular flexibility index (Phi) is 12.5. The highest BCUT2D eigenvalue weighted by Crippen LogP contribution is 2.18. The van der Waals surface area contributed by atoms with Crippen LogP contribution in [0.5, 0.6) is 0 Å². The van der Waals surface area contributed by atoms with Crippen LogP contribution >= 0.6 is 35.3 Å². The lowest BCUT2D eigenvalue weighted by Crippen LogP contribution is -2.39. The molecule has 2 N–H and O–H groups in total. The molecule has 1 aromatic rings. The molecule has 0 saturated carbocycles. The molecule has 1 fully saturated rings. The second-order valence-corrected chi connectivity index (χ2v) is 7.99. The SMILES string of the molecule is CCNC(=NCc1nc(C(C)C)cs1)NCCCN1CCCCCC1.I. The molecule has 0 unspecified atom stereocenters. The lowest BCUT2D eigenvalue weighted by molar-refractivity contribution is 0.282. The minimum Gasteiger partial charge on any atom is -0.357 e. The smallest absolute Gasteiger partial charge is 0.191 e. The monoisotopic (exact) mass is 493 g/mol. The number of guanidine groups is 1. The summed E-state index contributed by atoms with van der Waals surface area (Å²) in [5, 5.41) is 10.0. The quantitative estimate of drug-likeness (QED) is 0.247. The number of nitrogens with one attached hydrogen (secondary N) is 2. The highest BCUT2D eigenvalue weighted by atomic mass is 127. The van der Waals surface area contributed by atoms with E-state index in [2.05, 4.69) is 51.7 Å². The molecule has 1 saturated heterocycles. The molecule has 0 aliphatic carbocycles. The minimum atomic E-state index is 0. The largest absolute Gasteiger partial charge is 0.357 e. The number of rotatable bonds is 8. The number of likely N-dealkylation sites (tertiary alicyclic amines) is 1. The fourth-order valence-electron chi connectivity index (χ4n) is 3.02. The molecule has 0 aromatic carbocycles. The van der Waals surface area contributed by atoms with Gasteiger partial charge in [-0.3, -0.25) is 0 Å². The van der Waals surface area contributed by atoms with Crippen molar-refractivity contribution in [1.82, 2.24) is 20.5 Å². The van der Waals surface area contributed by atoms with E-state index in [1.54, 1.807) is 11.3 Å². The zero-order valence-corrected chi connectivity index (χ0v) is 19.7. The van der Waals surface area contributed by atoms with E-state index in [9.17, 15) is 0 Å². The van der Waals surface area contributed by atoms with E-state index in [-0.39, 0.29) is 24.0 Å². The third-order valence-corrected chi connectivity index (χ3v) is 5.37. The van der Waals surface area contributed by atoms with Gasteiger partial charge in [0, 0.05) is 18.5 Å². The van der Waals surface area contributed by atoms with Crippen LogP contribution in [0.15, 0.2) is 10.4 Å². The van der Waals surface area contributed by atoms with Crippen LogP contribution in [0.25, 0.3) is 0 Å². The molecule has 2 heterocycles. The van der Waals surface area contributed by atoms with Crippen molar-refractivity contribution in [2.45, 2.75) is 65.3 Å². The molecule has 7 heteroatoms. The van der Waals surface area contributed by atoms with Crippen LogP contribution < -0.4 is 10.6 Å². The van der Waals surface area contributed by atoms with Crippen LogP contribution in [0.3, 0.4) is 0 Å². The standard InChI is InChI=1S/C19H35N5S.HI/c1-4-20-19(22-14-18-23-17(15-25-18)16(2)3)21-10-9-13-24-11-7-5-6-8-12-24;/h15-16H,4-14H2,1-3H3,(H2,20,21,22);1H. The second kappa shape index (κ2) is 13.7. The summed E-state index contributed by atoms with van der Waals surface area (Å²) in [5.74, 6) is 1.39. The molecule has 0 spiro atoms. The van der Waals surface area contributed by atoms with Crippen LogP contribution in [0.2, 0.25) is 0 Å². The average Bonchev–Trinajstić information content (AvgIpc) is 2.93. The van der Waals surface area contributed by atoms with Crippen molar-refractivity contribution in [3.63, 3.8) is 0 Å². The number of halogens is 1. The van der Waals surface area contributed by atoms with Gasteiger partial charge < -0.3 is 15.5 Å². The number of aromatic nitrogens is 1. The van der Waals surface area contributed by atoms with Gasteiger partial charge in [0.2, 0.25) is 0 Å². The fraction of sp³-hybridized carbons (Fsp3) is 0.789. The first-order chi connectivity index (χ1) is 12.2. The van der Waals surface area contributed by atoms with Crippen molar-refractivity contribution in [3.8, 4) is 0 Å². The lowest BCUT2D eigenvalue weighted by atomic mass is 10.2. The Morgan fingerprint density at radius 3 is 2.58 bits per heavy atom. The van der Waals surface area contributed by atoms with Crippen LogP contribution in [0.4, 0.5) is 0 Å². The molecular formula is C19H36IN5S. The number of hydrogen-bond acceptors (Lipinski definition) is 4. The van der Waals surface area contributed by atoms with E-state index in [0.717, 1.165) is 24.1 Å². The first kappa shape index (κ1) is 23.6. The van der Waals surface area contributed by atoms with Crippen LogP contribution in [-0.4, -0.2) is 48.6 Å². The van der Waals surface area contributed by atoms with Crippen molar-refractivity contribution in [1.29, 1.82) is 0 Å². The van der Waals surface area contributed by atoms with Gasteiger partial charge in [0.05, 0.1) is 12.2 Å². The average molecular weight is 494 g/mol. The molecule has 26 heavy (non-hydrogen) atoms. The van der Waals surface area contributed by atoms with Gasteiger partial charge in [-0.25, -0.2) is 9.98 Å². The summed E-state index contributed by atoms with van der Waals surface area (Å²) in [6, 6.07) is 0. The molecule has 0 atom stereocenters. The second-order valence-electron chi connectivity index (χ2n) is 7.05. The summed E-state index contributed by atoms with van der Waals surface area (Å²) in [6.45, 7) is 12.7. The van der Waals surface area contributed by atoms with Gasteiger partial charge >= 0.3 is 0 Å². The van der Waals surface area contributed by atoms with E-state index in [0.29, 0.717) is 12.5 Å². The zero-order chi connectivity index (χ0) is 17.9. The Morgan fingerprint density at radius 2 is 1.96 bits per heavy atom. The summed E-state index contributed by atoms with van der Waals surface area (Å²) >= 11 is 1.71. The van der Waals surface area contributed by atoms with E-state index in [1.165, 1.54) is 57.4 Å². The van der Waals surface area contributed by atoms with E-state index < -0.39 is 0 Å². The molecular weight excluding hydrogens is 457 g/mol.